The van der Waals surface area contributed by atoms with Crippen molar-refractivity contribution in [1.82, 2.24) is 14.8 Å². The summed E-state index contributed by atoms with van der Waals surface area (Å²) in [5, 5.41) is 4.64. The first-order valence-electron chi connectivity index (χ1n) is 9.36. The lowest BCUT2D eigenvalue weighted by Crippen LogP contribution is -2.31. The summed E-state index contributed by atoms with van der Waals surface area (Å²) in [7, 11) is -3.70. The summed E-state index contributed by atoms with van der Waals surface area (Å²) >= 11 is 0. The SMILES string of the molecule is Cc1ccc(S(=O)(=O)OCC2CC(n3ccc(-c4cccc(C)n4)n3)C2)cc1. The highest BCUT2D eigenvalue weighted by Gasteiger charge is 2.32. The molecular weight excluding hydrogens is 374 g/mol. The molecule has 1 fully saturated rings. The van der Waals surface area contributed by atoms with Crippen LogP contribution in [0, 0.1) is 19.8 Å². The number of hydrogen-bond acceptors (Lipinski definition) is 5. The lowest BCUT2D eigenvalue weighted by atomic mass is 9.81. The van der Waals surface area contributed by atoms with Crippen LogP contribution in [0.5, 0.6) is 0 Å². The van der Waals surface area contributed by atoms with Crippen molar-refractivity contribution in [2.45, 2.75) is 37.6 Å². The molecule has 1 aliphatic rings. The number of aromatic nitrogens is 3. The molecule has 0 N–H and O–H groups in total. The first-order valence-corrected chi connectivity index (χ1v) is 10.8. The largest absolute Gasteiger partial charge is 0.296 e. The average molecular weight is 398 g/mol. The van der Waals surface area contributed by atoms with Gasteiger partial charge in [0.05, 0.1) is 23.2 Å². The summed E-state index contributed by atoms with van der Waals surface area (Å²) < 4.78 is 31.8. The van der Waals surface area contributed by atoms with Crippen molar-refractivity contribution in [3.05, 3.63) is 66.0 Å². The molecule has 28 heavy (non-hydrogen) atoms. The Kier molecular flexibility index (Phi) is 5.03. The van der Waals surface area contributed by atoms with Crippen LogP contribution in [0.3, 0.4) is 0 Å². The second-order valence-corrected chi connectivity index (χ2v) is 9.00. The van der Waals surface area contributed by atoms with Crippen LogP contribution in [0.2, 0.25) is 0 Å². The summed E-state index contributed by atoms with van der Waals surface area (Å²) in [6.45, 7) is 4.09. The Balaban J connectivity index is 1.32. The summed E-state index contributed by atoms with van der Waals surface area (Å²) in [6, 6.07) is 14.8. The van der Waals surface area contributed by atoms with Gasteiger partial charge in [0.1, 0.15) is 5.69 Å². The van der Waals surface area contributed by atoms with Crippen LogP contribution < -0.4 is 0 Å². The highest BCUT2D eigenvalue weighted by atomic mass is 32.2. The molecular formula is C21H23N3O3S. The van der Waals surface area contributed by atoms with Crippen LogP contribution in [0.25, 0.3) is 11.4 Å². The summed E-state index contributed by atoms with van der Waals surface area (Å²) in [5.41, 5.74) is 3.69. The molecule has 0 unspecified atom stereocenters. The molecule has 0 atom stereocenters. The molecule has 0 aliphatic heterocycles. The number of aryl methyl sites for hydroxylation is 2. The third kappa shape index (κ3) is 4.00. The minimum absolute atomic E-state index is 0.205. The second-order valence-electron chi connectivity index (χ2n) is 7.39. The fraction of sp³-hybridized carbons (Fsp3) is 0.333. The maximum Gasteiger partial charge on any atom is 0.296 e. The molecule has 2 aromatic heterocycles. The van der Waals surface area contributed by atoms with Gasteiger partial charge in [0.2, 0.25) is 0 Å². The molecule has 1 aliphatic carbocycles. The van der Waals surface area contributed by atoms with E-state index in [-0.39, 0.29) is 23.5 Å². The van der Waals surface area contributed by atoms with Crippen molar-refractivity contribution >= 4 is 10.1 Å². The smallest absolute Gasteiger partial charge is 0.269 e. The number of rotatable bonds is 6. The van der Waals surface area contributed by atoms with E-state index in [0.29, 0.717) is 0 Å². The van der Waals surface area contributed by atoms with Gasteiger partial charge in [0, 0.05) is 11.9 Å². The maximum absolute atomic E-state index is 12.3. The van der Waals surface area contributed by atoms with Crippen molar-refractivity contribution in [2.24, 2.45) is 5.92 Å². The number of hydrogen-bond donors (Lipinski definition) is 0. The van der Waals surface area contributed by atoms with Crippen LogP contribution in [0.4, 0.5) is 0 Å². The van der Waals surface area contributed by atoms with Crippen molar-refractivity contribution in [1.29, 1.82) is 0 Å². The van der Waals surface area contributed by atoms with Crippen molar-refractivity contribution in [3.8, 4) is 11.4 Å². The van der Waals surface area contributed by atoms with Crippen LogP contribution in [0.15, 0.2) is 59.6 Å². The van der Waals surface area contributed by atoms with E-state index in [1.165, 1.54) is 0 Å². The Morgan fingerprint density at radius 1 is 1.04 bits per heavy atom. The van der Waals surface area contributed by atoms with Gasteiger partial charge >= 0.3 is 0 Å². The van der Waals surface area contributed by atoms with Gasteiger partial charge in [-0.25, -0.2) is 0 Å². The Morgan fingerprint density at radius 3 is 2.50 bits per heavy atom. The Morgan fingerprint density at radius 2 is 1.79 bits per heavy atom. The molecule has 146 valence electrons. The molecule has 6 nitrogen and oxygen atoms in total. The predicted octanol–water partition coefficient (Wildman–Crippen LogP) is 3.92. The molecule has 3 aromatic rings. The normalized spacial score (nSPS) is 19.4. The van der Waals surface area contributed by atoms with Crippen molar-refractivity contribution in [2.75, 3.05) is 6.61 Å². The predicted molar refractivity (Wildman–Crippen MR) is 106 cm³/mol. The summed E-state index contributed by atoms with van der Waals surface area (Å²) in [5.74, 6) is 0.218. The lowest BCUT2D eigenvalue weighted by Gasteiger charge is -2.34. The van der Waals surface area contributed by atoms with Crippen LogP contribution in [0.1, 0.15) is 30.1 Å². The monoisotopic (exact) mass is 397 g/mol. The third-order valence-corrected chi connectivity index (χ3v) is 6.41. The Labute approximate surface area is 165 Å². The van der Waals surface area contributed by atoms with E-state index < -0.39 is 10.1 Å². The zero-order chi connectivity index (χ0) is 19.7. The van der Waals surface area contributed by atoms with E-state index in [9.17, 15) is 8.42 Å². The number of benzene rings is 1. The zero-order valence-corrected chi connectivity index (χ0v) is 16.8. The average Bonchev–Trinajstić information content (AvgIpc) is 3.10. The highest BCUT2D eigenvalue weighted by molar-refractivity contribution is 7.86. The minimum atomic E-state index is -3.70. The van der Waals surface area contributed by atoms with Crippen LogP contribution in [-0.2, 0) is 14.3 Å². The summed E-state index contributed by atoms with van der Waals surface area (Å²) in [6.07, 6.45) is 3.67. The van der Waals surface area contributed by atoms with E-state index in [4.69, 9.17) is 4.18 Å². The molecule has 0 spiro atoms. The fourth-order valence-corrected chi connectivity index (χ4v) is 4.35. The van der Waals surface area contributed by atoms with Crippen molar-refractivity contribution < 1.29 is 12.6 Å². The van der Waals surface area contributed by atoms with Gasteiger partial charge in [-0.3, -0.25) is 13.8 Å². The summed E-state index contributed by atoms with van der Waals surface area (Å²) in [4.78, 5) is 4.71. The van der Waals surface area contributed by atoms with E-state index >= 15 is 0 Å². The lowest BCUT2D eigenvalue weighted by molar-refractivity contribution is 0.121. The molecule has 1 aromatic carbocycles. The van der Waals surface area contributed by atoms with Gasteiger partial charge in [0.25, 0.3) is 10.1 Å². The van der Waals surface area contributed by atoms with Gasteiger partial charge in [0.15, 0.2) is 0 Å². The molecule has 0 bridgehead atoms. The van der Waals surface area contributed by atoms with Crippen LogP contribution >= 0.6 is 0 Å². The molecule has 0 saturated heterocycles. The van der Waals surface area contributed by atoms with E-state index in [1.54, 1.807) is 24.3 Å². The molecule has 0 amide bonds. The van der Waals surface area contributed by atoms with Crippen molar-refractivity contribution in [3.63, 3.8) is 0 Å². The molecule has 0 radical (unpaired) electrons. The third-order valence-electron chi connectivity index (χ3n) is 5.11. The van der Waals surface area contributed by atoms with Gasteiger partial charge in [-0.15, -0.1) is 0 Å². The topological polar surface area (TPSA) is 74.1 Å². The Bertz CT molecular complexity index is 1070. The van der Waals surface area contributed by atoms with E-state index in [2.05, 4.69) is 10.1 Å². The fourth-order valence-electron chi connectivity index (χ4n) is 3.38. The standard InChI is InChI=1S/C21H23N3O3S/c1-15-6-8-19(9-7-15)28(25,26)27-14-17-12-18(13-17)24-11-10-21(23-24)20-5-3-4-16(2)22-20/h3-11,17-18H,12-14H2,1-2H3. The van der Waals surface area contributed by atoms with Gasteiger partial charge in [-0.1, -0.05) is 23.8 Å². The maximum atomic E-state index is 12.3. The number of nitrogens with zero attached hydrogens (tertiary/aromatic N) is 3. The number of pyridine rings is 1. The molecule has 7 heteroatoms. The minimum Gasteiger partial charge on any atom is -0.269 e. The molecule has 2 heterocycles. The Hall–Kier alpha value is -2.51. The van der Waals surface area contributed by atoms with E-state index in [0.717, 1.165) is 35.5 Å². The zero-order valence-electron chi connectivity index (χ0n) is 15.9. The van der Waals surface area contributed by atoms with Gasteiger partial charge in [-0.2, -0.15) is 13.5 Å². The van der Waals surface area contributed by atoms with Crippen LogP contribution in [-0.4, -0.2) is 29.8 Å². The quantitative estimate of drug-likeness (QED) is 0.590. The second kappa shape index (κ2) is 7.48. The van der Waals surface area contributed by atoms with E-state index in [1.807, 2.05) is 49.0 Å². The first-order chi connectivity index (χ1) is 13.4. The highest BCUT2D eigenvalue weighted by Crippen LogP contribution is 2.38. The first kappa shape index (κ1) is 18.8. The molecule has 1 saturated carbocycles. The van der Waals surface area contributed by atoms with Gasteiger partial charge < -0.3 is 0 Å². The molecule has 4 rings (SSSR count). The van der Waals surface area contributed by atoms with Gasteiger partial charge in [-0.05, 0) is 62.9 Å².